The molecule has 23 heavy (non-hydrogen) atoms. The summed E-state index contributed by atoms with van der Waals surface area (Å²) in [5.74, 6) is 0.0354. The highest BCUT2D eigenvalue weighted by Crippen LogP contribution is 2.42. The fraction of sp³-hybridized carbons (Fsp3) is 0.263. The molecule has 1 aliphatic heterocycles. The predicted molar refractivity (Wildman–Crippen MR) is 90.4 cm³/mol. The molecule has 2 aliphatic rings. The van der Waals surface area contributed by atoms with E-state index in [-0.39, 0.29) is 11.7 Å². The Kier molecular flexibility index (Phi) is 3.01. The van der Waals surface area contributed by atoms with Crippen molar-refractivity contribution in [3.63, 3.8) is 0 Å². The van der Waals surface area contributed by atoms with Crippen molar-refractivity contribution >= 4 is 28.5 Å². The second kappa shape index (κ2) is 4.95. The number of aromatic nitrogens is 1. The van der Waals surface area contributed by atoms with Gasteiger partial charge in [0.2, 0.25) is 0 Å². The first-order valence-corrected chi connectivity index (χ1v) is 7.94. The number of rotatable bonds is 1. The lowest BCUT2D eigenvalue weighted by Crippen LogP contribution is -2.10. The molecule has 0 atom stereocenters. The number of hydrogen-bond donors (Lipinski definition) is 2. The maximum Gasteiger partial charge on any atom is 0.256 e. The number of para-hydroxylation sites is 1. The fourth-order valence-electron chi connectivity index (χ4n) is 3.89. The standard InChI is InChI=1S/C19H18N2O2/c1-10-16(11(2)22)13-7-5-8-14(18(13)20-10)17-12-6-3-4-9-15(12)21-19(17)23/h3-4,6,9,20H,5,7-8H2,1-2H3,(H,21,23)/b17-14-. The molecule has 1 aromatic heterocycles. The average Bonchev–Trinajstić information content (AvgIpc) is 3.02. The van der Waals surface area contributed by atoms with Gasteiger partial charge >= 0.3 is 0 Å². The zero-order valence-electron chi connectivity index (χ0n) is 13.2. The van der Waals surface area contributed by atoms with E-state index >= 15 is 0 Å². The Morgan fingerprint density at radius 1 is 1.17 bits per heavy atom. The highest BCUT2D eigenvalue weighted by molar-refractivity contribution is 6.36. The topological polar surface area (TPSA) is 62.0 Å². The van der Waals surface area contributed by atoms with E-state index in [1.807, 2.05) is 31.2 Å². The average molecular weight is 306 g/mol. The third kappa shape index (κ3) is 1.98. The number of fused-ring (bicyclic) bond motifs is 2. The lowest BCUT2D eigenvalue weighted by atomic mass is 9.85. The molecule has 1 aliphatic carbocycles. The second-order valence-corrected chi connectivity index (χ2v) is 6.24. The van der Waals surface area contributed by atoms with Crippen molar-refractivity contribution in [1.82, 2.24) is 4.98 Å². The minimum absolute atomic E-state index is 0.0503. The van der Waals surface area contributed by atoms with Gasteiger partial charge in [0.15, 0.2) is 5.78 Å². The third-order valence-corrected chi connectivity index (χ3v) is 4.77. The summed E-state index contributed by atoms with van der Waals surface area (Å²) in [4.78, 5) is 27.9. The maximum atomic E-state index is 12.5. The van der Waals surface area contributed by atoms with Crippen LogP contribution in [-0.2, 0) is 11.2 Å². The van der Waals surface area contributed by atoms with E-state index in [1.165, 1.54) is 0 Å². The van der Waals surface area contributed by atoms with E-state index < -0.39 is 0 Å². The van der Waals surface area contributed by atoms with Gasteiger partial charge in [-0.1, -0.05) is 18.2 Å². The van der Waals surface area contributed by atoms with Gasteiger partial charge in [0, 0.05) is 28.2 Å². The fourth-order valence-corrected chi connectivity index (χ4v) is 3.89. The van der Waals surface area contributed by atoms with Gasteiger partial charge in [0.1, 0.15) is 0 Å². The van der Waals surface area contributed by atoms with E-state index in [2.05, 4.69) is 10.3 Å². The Hall–Kier alpha value is -2.62. The Bertz CT molecular complexity index is 887. The van der Waals surface area contributed by atoms with Crippen molar-refractivity contribution in [2.24, 2.45) is 0 Å². The first-order valence-electron chi connectivity index (χ1n) is 7.94. The van der Waals surface area contributed by atoms with E-state index in [4.69, 9.17) is 0 Å². The summed E-state index contributed by atoms with van der Waals surface area (Å²) >= 11 is 0. The summed E-state index contributed by atoms with van der Waals surface area (Å²) in [7, 11) is 0. The number of benzene rings is 1. The van der Waals surface area contributed by atoms with Gasteiger partial charge < -0.3 is 10.3 Å². The minimum Gasteiger partial charge on any atom is -0.358 e. The number of carbonyl (C=O) groups is 2. The monoisotopic (exact) mass is 306 g/mol. The van der Waals surface area contributed by atoms with Crippen molar-refractivity contribution < 1.29 is 9.59 Å². The summed E-state index contributed by atoms with van der Waals surface area (Å²) in [6, 6.07) is 7.77. The van der Waals surface area contributed by atoms with Gasteiger partial charge in [-0.05, 0) is 50.3 Å². The molecular formula is C19H18N2O2. The van der Waals surface area contributed by atoms with E-state index in [1.54, 1.807) is 6.92 Å². The van der Waals surface area contributed by atoms with E-state index in [0.717, 1.165) is 64.2 Å². The van der Waals surface area contributed by atoms with Crippen LogP contribution in [0.2, 0.25) is 0 Å². The molecule has 4 rings (SSSR count). The number of ketones is 1. The highest BCUT2D eigenvalue weighted by Gasteiger charge is 2.32. The Morgan fingerprint density at radius 3 is 2.74 bits per heavy atom. The molecule has 0 spiro atoms. The summed E-state index contributed by atoms with van der Waals surface area (Å²) < 4.78 is 0. The number of hydrogen-bond acceptors (Lipinski definition) is 2. The Morgan fingerprint density at radius 2 is 1.96 bits per heavy atom. The van der Waals surface area contributed by atoms with Gasteiger partial charge in [-0.25, -0.2) is 0 Å². The summed E-state index contributed by atoms with van der Waals surface area (Å²) in [6.07, 6.45) is 2.69. The summed E-state index contributed by atoms with van der Waals surface area (Å²) in [6.45, 7) is 3.54. The van der Waals surface area contributed by atoms with Gasteiger partial charge in [-0.3, -0.25) is 9.59 Å². The van der Waals surface area contributed by atoms with E-state index in [9.17, 15) is 9.59 Å². The number of Topliss-reactive ketones (excluding diaryl/α,β-unsaturated/α-hetero) is 1. The molecular weight excluding hydrogens is 288 g/mol. The van der Waals surface area contributed by atoms with Crippen LogP contribution in [0, 0.1) is 6.92 Å². The Labute approximate surface area is 134 Å². The lowest BCUT2D eigenvalue weighted by Gasteiger charge is -2.18. The highest BCUT2D eigenvalue weighted by atomic mass is 16.2. The molecule has 1 aromatic carbocycles. The van der Waals surface area contributed by atoms with Crippen molar-refractivity contribution in [3.05, 3.63) is 52.3 Å². The number of H-pyrrole nitrogens is 1. The van der Waals surface area contributed by atoms with Gasteiger partial charge in [-0.15, -0.1) is 0 Å². The molecule has 0 fully saturated rings. The molecule has 4 nitrogen and oxygen atoms in total. The molecule has 2 aromatic rings. The molecule has 4 heteroatoms. The van der Waals surface area contributed by atoms with Crippen molar-refractivity contribution in [2.45, 2.75) is 33.1 Å². The summed E-state index contributed by atoms with van der Waals surface area (Å²) in [5.41, 5.74) is 7.33. The second-order valence-electron chi connectivity index (χ2n) is 6.24. The van der Waals surface area contributed by atoms with Crippen LogP contribution in [-0.4, -0.2) is 16.7 Å². The van der Waals surface area contributed by atoms with Crippen LogP contribution in [0.4, 0.5) is 5.69 Å². The molecule has 0 bridgehead atoms. The molecule has 2 N–H and O–H groups in total. The Balaban J connectivity index is 1.99. The molecule has 0 saturated heterocycles. The predicted octanol–water partition coefficient (Wildman–Crippen LogP) is 3.72. The van der Waals surface area contributed by atoms with E-state index in [0.29, 0.717) is 0 Å². The van der Waals surface area contributed by atoms with Crippen LogP contribution in [0.25, 0.3) is 11.1 Å². The molecule has 2 heterocycles. The normalized spacial score (nSPS) is 19.3. The van der Waals surface area contributed by atoms with Gasteiger partial charge in [0.05, 0.1) is 5.57 Å². The molecule has 116 valence electrons. The van der Waals surface area contributed by atoms with Crippen molar-refractivity contribution in [1.29, 1.82) is 0 Å². The zero-order chi connectivity index (χ0) is 16.1. The number of carbonyl (C=O) groups excluding carboxylic acids is 2. The van der Waals surface area contributed by atoms with Crippen LogP contribution >= 0.6 is 0 Å². The van der Waals surface area contributed by atoms with Gasteiger partial charge in [-0.2, -0.15) is 0 Å². The molecule has 1 amide bonds. The third-order valence-electron chi connectivity index (χ3n) is 4.77. The first kappa shape index (κ1) is 14.0. The van der Waals surface area contributed by atoms with Crippen LogP contribution in [0.3, 0.4) is 0 Å². The zero-order valence-corrected chi connectivity index (χ0v) is 13.2. The summed E-state index contributed by atoms with van der Waals surface area (Å²) in [5, 5.41) is 2.94. The number of aromatic amines is 1. The number of aryl methyl sites for hydroxylation is 1. The number of amides is 1. The molecule has 0 saturated carbocycles. The van der Waals surface area contributed by atoms with Crippen molar-refractivity contribution in [3.8, 4) is 0 Å². The number of nitrogens with one attached hydrogen (secondary N) is 2. The van der Waals surface area contributed by atoms with Crippen molar-refractivity contribution in [2.75, 3.05) is 5.32 Å². The number of allylic oxidation sites excluding steroid dienone is 1. The SMILES string of the molecule is CC(=O)c1c(C)[nH]c2c1CCC/C2=C1/C(=O)Nc2ccccc21. The van der Waals surface area contributed by atoms with Crippen LogP contribution in [0.15, 0.2) is 24.3 Å². The van der Waals surface area contributed by atoms with Crippen LogP contribution < -0.4 is 5.32 Å². The maximum absolute atomic E-state index is 12.5. The van der Waals surface area contributed by atoms with Gasteiger partial charge in [0.25, 0.3) is 5.91 Å². The number of anilines is 1. The largest absolute Gasteiger partial charge is 0.358 e. The molecule has 0 radical (unpaired) electrons. The first-order chi connectivity index (χ1) is 11.1. The smallest absolute Gasteiger partial charge is 0.256 e. The van der Waals surface area contributed by atoms with Crippen LogP contribution in [0.5, 0.6) is 0 Å². The quantitative estimate of drug-likeness (QED) is 0.623. The van der Waals surface area contributed by atoms with Crippen LogP contribution in [0.1, 0.15) is 52.6 Å². The molecule has 0 unspecified atom stereocenters. The lowest BCUT2D eigenvalue weighted by molar-refractivity contribution is -0.110. The minimum atomic E-state index is -0.0503.